The number of unbranched alkanes of at least 4 members (excludes halogenated alkanes) is 2. The van der Waals surface area contributed by atoms with Crippen molar-refractivity contribution >= 4 is 15.9 Å². The van der Waals surface area contributed by atoms with Gasteiger partial charge in [0.05, 0.1) is 6.10 Å². The van der Waals surface area contributed by atoms with Crippen molar-refractivity contribution in [2.75, 3.05) is 0 Å². The Morgan fingerprint density at radius 2 is 2.13 bits per heavy atom. The van der Waals surface area contributed by atoms with Gasteiger partial charge in [0.2, 0.25) is 0 Å². The molecule has 2 heteroatoms. The lowest BCUT2D eigenvalue weighted by atomic mass is 10.0. The zero-order valence-electron chi connectivity index (χ0n) is 9.25. The number of hydrogen-bond acceptors (Lipinski definition) is 1. The molecule has 0 fully saturated rings. The zero-order valence-corrected chi connectivity index (χ0v) is 10.8. The summed E-state index contributed by atoms with van der Waals surface area (Å²) in [4.78, 5) is 0. The van der Waals surface area contributed by atoms with Crippen LogP contribution in [0.4, 0.5) is 0 Å². The second-order valence-corrected chi connectivity index (χ2v) is 4.90. The van der Waals surface area contributed by atoms with Crippen molar-refractivity contribution in [3.63, 3.8) is 0 Å². The number of rotatable bonds is 6. The van der Waals surface area contributed by atoms with Crippen LogP contribution >= 0.6 is 15.9 Å². The van der Waals surface area contributed by atoms with E-state index in [1.54, 1.807) is 0 Å². The topological polar surface area (TPSA) is 20.2 Å². The maximum Gasteiger partial charge on any atom is 0.0580 e. The van der Waals surface area contributed by atoms with Crippen molar-refractivity contribution < 1.29 is 5.11 Å². The fourth-order valence-electron chi connectivity index (χ4n) is 1.67. The van der Waals surface area contributed by atoms with E-state index in [4.69, 9.17) is 0 Å². The summed E-state index contributed by atoms with van der Waals surface area (Å²) >= 11 is 3.43. The fourth-order valence-corrected chi connectivity index (χ4v) is 2.11. The third-order valence-corrected chi connectivity index (χ3v) is 2.99. The lowest BCUT2D eigenvalue weighted by Crippen LogP contribution is -2.10. The first-order chi connectivity index (χ1) is 7.22. The van der Waals surface area contributed by atoms with Crippen molar-refractivity contribution in [3.8, 4) is 0 Å². The van der Waals surface area contributed by atoms with E-state index in [0.717, 1.165) is 23.7 Å². The molecular weight excluding hydrogens is 252 g/mol. The van der Waals surface area contributed by atoms with Crippen LogP contribution in [0.15, 0.2) is 28.7 Å². The monoisotopic (exact) mass is 270 g/mol. The van der Waals surface area contributed by atoms with Gasteiger partial charge in [-0.3, -0.25) is 0 Å². The van der Waals surface area contributed by atoms with Crippen LogP contribution in [0.1, 0.15) is 38.2 Å². The first kappa shape index (κ1) is 12.7. The Morgan fingerprint density at radius 3 is 2.80 bits per heavy atom. The van der Waals surface area contributed by atoms with Gasteiger partial charge in [-0.2, -0.15) is 0 Å². The molecule has 1 nitrogen and oxygen atoms in total. The van der Waals surface area contributed by atoms with Crippen LogP contribution < -0.4 is 0 Å². The molecule has 0 bridgehead atoms. The number of hydrogen-bond donors (Lipinski definition) is 1. The summed E-state index contributed by atoms with van der Waals surface area (Å²) < 4.78 is 1.08. The van der Waals surface area contributed by atoms with E-state index < -0.39 is 0 Å². The van der Waals surface area contributed by atoms with Crippen molar-refractivity contribution in [3.05, 3.63) is 34.3 Å². The van der Waals surface area contributed by atoms with E-state index in [1.165, 1.54) is 18.4 Å². The molecule has 0 spiro atoms. The van der Waals surface area contributed by atoms with E-state index in [1.807, 2.05) is 12.1 Å². The molecule has 1 atom stereocenters. The predicted molar refractivity (Wildman–Crippen MR) is 68.0 cm³/mol. The van der Waals surface area contributed by atoms with Crippen molar-refractivity contribution in [1.29, 1.82) is 0 Å². The van der Waals surface area contributed by atoms with Crippen molar-refractivity contribution in [1.82, 2.24) is 0 Å². The highest BCUT2D eigenvalue weighted by molar-refractivity contribution is 9.10. The standard InChI is InChI=1S/C13H19BrO/c1-2-3-4-8-13(15)10-11-6-5-7-12(14)9-11/h5-7,9,13,15H,2-4,8,10H2,1H3. The molecule has 1 N–H and O–H groups in total. The number of halogens is 1. The molecule has 0 aliphatic carbocycles. The average molecular weight is 271 g/mol. The van der Waals surface area contributed by atoms with Crippen LogP contribution in [-0.2, 0) is 6.42 Å². The Kier molecular flexibility index (Phi) is 5.96. The SMILES string of the molecule is CCCCCC(O)Cc1cccc(Br)c1. The minimum atomic E-state index is -0.189. The van der Waals surface area contributed by atoms with Crippen LogP contribution in [0.5, 0.6) is 0 Å². The van der Waals surface area contributed by atoms with Crippen molar-refractivity contribution in [2.24, 2.45) is 0 Å². The molecule has 0 aliphatic heterocycles. The molecule has 0 radical (unpaired) electrons. The van der Waals surface area contributed by atoms with E-state index in [2.05, 4.69) is 35.0 Å². The number of aliphatic hydroxyl groups excluding tert-OH is 1. The summed E-state index contributed by atoms with van der Waals surface area (Å²) in [6, 6.07) is 8.15. The quantitative estimate of drug-likeness (QED) is 0.777. The van der Waals surface area contributed by atoms with Crippen LogP contribution in [0, 0.1) is 0 Å². The minimum Gasteiger partial charge on any atom is -0.393 e. The zero-order chi connectivity index (χ0) is 11.1. The molecule has 0 aliphatic rings. The second-order valence-electron chi connectivity index (χ2n) is 3.98. The van der Waals surface area contributed by atoms with Crippen LogP contribution in [-0.4, -0.2) is 11.2 Å². The molecule has 0 amide bonds. The number of aliphatic hydroxyl groups is 1. The highest BCUT2D eigenvalue weighted by atomic mass is 79.9. The van der Waals surface area contributed by atoms with Gasteiger partial charge in [-0.15, -0.1) is 0 Å². The summed E-state index contributed by atoms with van der Waals surface area (Å²) in [5.41, 5.74) is 1.20. The average Bonchev–Trinajstić information content (AvgIpc) is 2.18. The molecule has 1 unspecified atom stereocenters. The summed E-state index contributed by atoms with van der Waals surface area (Å²) in [6.45, 7) is 2.18. The lowest BCUT2D eigenvalue weighted by Gasteiger charge is -2.10. The van der Waals surface area contributed by atoms with Crippen LogP contribution in [0.2, 0.25) is 0 Å². The molecule has 1 aromatic rings. The van der Waals surface area contributed by atoms with E-state index in [9.17, 15) is 5.11 Å². The second kappa shape index (κ2) is 7.02. The van der Waals surface area contributed by atoms with Gasteiger partial charge in [0.15, 0.2) is 0 Å². The molecule has 0 saturated heterocycles. The third-order valence-electron chi connectivity index (χ3n) is 2.50. The molecule has 1 rings (SSSR count). The number of benzene rings is 1. The fraction of sp³-hybridized carbons (Fsp3) is 0.538. The summed E-state index contributed by atoms with van der Waals surface area (Å²) in [5.74, 6) is 0. The highest BCUT2D eigenvalue weighted by Gasteiger charge is 2.05. The minimum absolute atomic E-state index is 0.189. The van der Waals surface area contributed by atoms with Crippen LogP contribution in [0.25, 0.3) is 0 Å². The van der Waals surface area contributed by atoms with Gasteiger partial charge >= 0.3 is 0 Å². The predicted octanol–water partition coefficient (Wildman–Crippen LogP) is 3.93. The first-order valence-corrected chi connectivity index (χ1v) is 6.44. The van der Waals surface area contributed by atoms with Gasteiger partial charge in [0, 0.05) is 4.47 Å². The molecule has 15 heavy (non-hydrogen) atoms. The molecule has 0 heterocycles. The van der Waals surface area contributed by atoms with E-state index in [0.29, 0.717) is 0 Å². The van der Waals surface area contributed by atoms with Gasteiger partial charge in [0.1, 0.15) is 0 Å². The van der Waals surface area contributed by atoms with E-state index >= 15 is 0 Å². The van der Waals surface area contributed by atoms with Crippen LogP contribution in [0.3, 0.4) is 0 Å². The van der Waals surface area contributed by atoms with Crippen molar-refractivity contribution in [2.45, 2.75) is 45.1 Å². The molecule has 0 aromatic heterocycles. The van der Waals surface area contributed by atoms with Gasteiger partial charge in [-0.1, -0.05) is 54.2 Å². The normalized spacial score (nSPS) is 12.7. The maximum absolute atomic E-state index is 9.80. The van der Waals surface area contributed by atoms with Gasteiger partial charge in [-0.05, 0) is 30.5 Å². The lowest BCUT2D eigenvalue weighted by molar-refractivity contribution is 0.161. The third kappa shape index (κ3) is 5.33. The van der Waals surface area contributed by atoms with E-state index in [-0.39, 0.29) is 6.10 Å². The Bertz CT molecular complexity index is 286. The molecule has 0 saturated carbocycles. The largest absolute Gasteiger partial charge is 0.393 e. The molecule has 1 aromatic carbocycles. The first-order valence-electron chi connectivity index (χ1n) is 5.65. The Labute approximate surface area is 101 Å². The summed E-state index contributed by atoms with van der Waals surface area (Å²) in [5, 5.41) is 9.80. The Morgan fingerprint density at radius 1 is 1.33 bits per heavy atom. The highest BCUT2D eigenvalue weighted by Crippen LogP contribution is 2.15. The Balaban J connectivity index is 2.34. The molecule has 84 valence electrons. The summed E-state index contributed by atoms with van der Waals surface area (Å²) in [7, 11) is 0. The van der Waals surface area contributed by atoms with Gasteiger partial charge < -0.3 is 5.11 Å². The molecular formula is C13H19BrO. The smallest absolute Gasteiger partial charge is 0.0580 e. The maximum atomic E-state index is 9.80. The summed E-state index contributed by atoms with van der Waals surface area (Å²) in [6.07, 6.45) is 5.06. The Hall–Kier alpha value is -0.340. The van der Waals surface area contributed by atoms with Gasteiger partial charge in [-0.25, -0.2) is 0 Å². The van der Waals surface area contributed by atoms with Gasteiger partial charge in [0.25, 0.3) is 0 Å².